The van der Waals surface area contributed by atoms with E-state index >= 15 is 0 Å². The highest BCUT2D eigenvalue weighted by Gasteiger charge is 2.25. The van der Waals surface area contributed by atoms with Crippen molar-refractivity contribution in [3.8, 4) is 0 Å². The second-order valence-electron chi connectivity index (χ2n) is 4.73. The first-order valence-electron chi connectivity index (χ1n) is 6.32. The van der Waals surface area contributed by atoms with Gasteiger partial charge in [0, 0.05) is 16.7 Å². The molecular weight excluding hydrogens is 314 g/mol. The molecule has 2 unspecified atom stereocenters. The lowest BCUT2D eigenvalue weighted by molar-refractivity contribution is -0.384. The van der Waals surface area contributed by atoms with Gasteiger partial charge in [-0.1, -0.05) is 19.3 Å². The van der Waals surface area contributed by atoms with Crippen LogP contribution in [0.3, 0.4) is 0 Å². The molecule has 0 saturated heterocycles. The molecule has 1 fully saturated rings. The van der Waals surface area contributed by atoms with Crippen molar-refractivity contribution in [3.05, 3.63) is 26.9 Å². The fourth-order valence-electron chi connectivity index (χ4n) is 2.31. The van der Waals surface area contributed by atoms with Gasteiger partial charge in [0.2, 0.25) is 5.82 Å². The lowest BCUT2D eigenvalue weighted by atomic mass is 10.1. The largest absolute Gasteiger partial charge is 0.391 e. The molecular formula is C12H16BrN3O3. The van der Waals surface area contributed by atoms with Crippen molar-refractivity contribution in [2.75, 3.05) is 5.32 Å². The van der Waals surface area contributed by atoms with Crippen LogP contribution in [-0.4, -0.2) is 27.2 Å². The molecule has 0 bridgehead atoms. The molecule has 2 rings (SSSR count). The number of nitrogens with one attached hydrogen (secondary N) is 1. The maximum absolute atomic E-state index is 11.0. The number of anilines is 1. The summed E-state index contributed by atoms with van der Waals surface area (Å²) in [5.74, 6) is 0.221. The number of rotatable bonds is 3. The number of hydrogen-bond donors (Lipinski definition) is 2. The van der Waals surface area contributed by atoms with Crippen LogP contribution in [0.2, 0.25) is 0 Å². The second-order valence-corrected chi connectivity index (χ2v) is 5.65. The second kappa shape index (κ2) is 6.29. The van der Waals surface area contributed by atoms with Gasteiger partial charge in [0.1, 0.15) is 0 Å². The average molecular weight is 330 g/mol. The van der Waals surface area contributed by atoms with Gasteiger partial charge in [-0.3, -0.25) is 10.1 Å². The van der Waals surface area contributed by atoms with Gasteiger partial charge in [0.25, 0.3) is 0 Å². The zero-order valence-electron chi connectivity index (χ0n) is 10.4. The maximum Gasteiger partial charge on any atom is 0.312 e. The quantitative estimate of drug-likeness (QED) is 0.505. The lowest BCUT2D eigenvalue weighted by Crippen LogP contribution is -2.33. The Hall–Kier alpha value is -1.21. The summed E-state index contributed by atoms with van der Waals surface area (Å²) in [5, 5.41) is 24.1. The van der Waals surface area contributed by atoms with E-state index in [2.05, 4.69) is 26.2 Å². The van der Waals surface area contributed by atoms with Gasteiger partial charge < -0.3 is 10.4 Å². The normalized spacial score (nSPS) is 23.7. The molecule has 7 heteroatoms. The first kappa shape index (κ1) is 14.2. The lowest BCUT2D eigenvalue weighted by Gasteiger charge is -2.22. The van der Waals surface area contributed by atoms with Gasteiger partial charge in [-0.05, 0) is 28.8 Å². The predicted octanol–water partition coefficient (Wildman–Crippen LogP) is 2.86. The Kier molecular flexibility index (Phi) is 4.71. The Labute approximate surface area is 119 Å². The fraction of sp³-hybridized carbons (Fsp3) is 0.583. The summed E-state index contributed by atoms with van der Waals surface area (Å²) >= 11 is 3.17. The molecule has 1 aliphatic carbocycles. The van der Waals surface area contributed by atoms with Crippen molar-refractivity contribution in [1.29, 1.82) is 0 Å². The molecule has 1 aliphatic rings. The molecule has 6 nitrogen and oxygen atoms in total. The van der Waals surface area contributed by atoms with Gasteiger partial charge in [0.15, 0.2) is 0 Å². The fourth-order valence-corrected chi connectivity index (χ4v) is 2.63. The van der Waals surface area contributed by atoms with Gasteiger partial charge in [-0.2, -0.15) is 0 Å². The van der Waals surface area contributed by atoms with E-state index in [0.29, 0.717) is 4.47 Å². The molecule has 1 aromatic rings. The molecule has 0 spiro atoms. The summed E-state index contributed by atoms with van der Waals surface area (Å²) < 4.78 is 0.561. The van der Waals surface area contributed by atoms with Crippen LogP contribution >= 0.6 is 15.9 Å². The predicted molar refractivity (Wildman–Crippen MR) is 75.1 cm³/mol. The van der Waals surface area contributed by atoms with Crippen molar-refractivity contribution in [1.82, 2.24) is 4.98 Å². The third-order valence-electron chi connectivity index (χ3n) is 3.33. The van der Waals surface area contributed by atoms with E-state index < -0.39 is 11.0 Å². The van der Waals surface area contributed by atoms with E-state index in [-0.39, 0.29) is 17.5 Å². The van der Waals surface area contributed by atoms with Crippen molar-refractivity contribution in [3.63, 3.8) is 0 Å². The number of aromatic nitrogens is 1. The third kappa shape index (κ3) is 3.63. The van der Waals surface area contributed by atoms with Crippen LogP contribution in [0.5, 0.6) is 0 Å². The highest BCUT2D eigenvalue weighted by atomic mass is 79.9. The number of nitro groups is 1. The molecule has 104 valence electrons. The monoisotopic (exact) mass is 329 g/mol. The first-order chi connectivity index (χ1) is 9.08. The molecule has 19 heavy (non-hydrogen) atoms. The Bertz CT molecular complexity index is 470. The molecule has 1 saturated carbocycles. The van der Waals surface area contributed by atoms with Crippen LogP contribution < -0.4 is 5.32 Å². The van der Waals surface area contributed by atoms with Crippen LogP contribution in [0.1, 0.15) is 32.1 Å². The van der Waals surface area contributed by atoms with Crippen LogP contribution in [0.4, 0.5) is 11.5 Å². The van der Waals surface area contributed by atoms with Crippen molar-refractivity contribution in [2.45, 2.75) is 44.2 Å². The van der Waals surface area contributed by atoms with Crippen molar-refractivity contribution >= 4 is 27.4 Å². The summed E-state index contributed by atoms with van der Waals surface area (Å²) in [5.41, 5.74) is -0.0779. The number of halogens is 1. The average Bonchev–Trinajstić information content (AvgIpc) is 2.57. The molecule has 0 amide bonds. The van der Waals surface area contributed by atoms with Crippen LogP contribution in [0, 0.1) is 10.1 Å². The van der Waals surface area contributed by atoms with Gasteiger partial charge in [0.05, 0.1) is 17.1 Å². The summed E-state index contributed by atoms with van der Waals surface area (Å²) in [7, 11) is 0. The molecule has 0 aromatic carbocycles. The Balaban J connectivity index is 2.19. The maximum atomic E-state index is 11.0. The van der Waals surface area contributed by atoms with Gasteiger partial charge in [-0.15, -0.1) is 0 Å². The topological polar surface area (TPSA) is 88.3 Å². The molecule has 1 aromatic heterocycles. The summed E-state index contributed by atoms with van der Waals surface area (Å²) in [4.78, 5) is 14.6. The van der Waals surface area contributed by atoms with E-state index in [1.807, 2.05) is 0 Å². The standard InChI is InChI=1S/C12H16BrN3O3/c13-8-6-10(16(18)19)12(14-7-8)15-9-4-2-1-3-5-11(9)17/h6-7,9,11,17H,1-5H2,(H,14,15). The highest BCUT2D eigenvalue weighted by molar-refractivity contribution is 9.10. The molecule has 2 N–H and O–H groups in total. The Morgan fingerprint density at radius 2 is 2.16 bits per heavy atom. The Morgan fingerprint density at radius 3 is 2.89 bits per heavy atom. The van der Waals surface area contributed by atoms with Crippen molar-refractivity contribution < 1.29 is 10.0 Å². The number of aliphatic hydroxyl groups is 1. The zero-order valence-corrected chi connectivity index (χ0v) is 12.0. The minimum absolute atomic E-state index is 0.0779. The van der Waals surface area contributed by atoms with Crippen molar-refractivity contribution in [2.24, 2.45) is 0 Å². The van der Waals surface area contributed by atoms with Gasteiger partial charge in [-0.25, -0.2) is 4.98 Å². The summed E-state index contributed by atoms with van der Waals surface area (Å²) in [6, 6.07) is 1.24. The SMILES string of the molecule is O=[N+]([O-])c1cc(Br)cnc1NC1CCCCCC1O. The smallest absolute Gasteiger partial charge is 0.312 e. The summed E-state index contributed by atoms with van der Waals surface area (Å²) in [6.07, 6.45) is 5.66. The number of nitrogens with zero attached hydrogens (tertiary/aromatic N) is 2. The third-order valence-corrected chi connectivity index (χ3v) is 3.77. The van der Waals surface area contributed by atoms with Crippen LogP contribution in [-0.2, 0) is 0 Å². The molecule has 0 radical (unpaired) electrons. The van der Waals surface area contributed by atoms with E-state index in [1.54, 1.807) is 0 Å². The number of pyridine rings is 1. The Morgan fingerprint density at radius 1 is 1.42 bits per heavy atom. The van der Waals surface area contributed by atoms with E-state index in [9.17, 15) is 15.2 Å². The minimum Gasteiger partial charge on any atom is -0.391 e. The highest BCUT2D eigenvalue weighted by Crippen LogP contribution is 2.28. The van der Waals surface area contributed by atoms with Crippen LogP contribution in [0.25, 0.3) is 0 Å². The molecule has 2 atom stereocenters. The first-order valence-corrected chi connectivity index (χ1v) is 7.12. The number of hydrogen-bond acceptors (Lipinski definition) is 5. The van der Waals surface area contributed by atoms with E-state index in [4.69, 9.17) is 0 Å². The van der Waals surface area contributed by atoms with Crippen LogP contribution in [0.15, 0.2) is 16.7 Å². The minimum atomic E-state index is -0.479. The van der Waals surface area contributed by atoms with E-state index in [0.717, 1.165) is 32.1 Å². The number of aliphatic hydroxyl groups excluding tert-OH is 1. The van der Waals surface area contributed by atoms with Gasteiger partial charge >= 0.3 is 5.69 Å². The van der Waals surface area contributed by atoms with E-state index in [1.165, 1.54) is 12.3 Å². The molecule has 0 aliphatic heterocycles. The summed E-state index contributed by atoms with van der Waals surface area (Å²) in [6.45, 7) is 0. The molecule has 1 heterocycles. The zero-order chi connectivity index (χ0) is 13.8.